The van der Waals surface area contributed by atoms with E-state index in [1.165, 1.54) is 11.0 Å². The molecular formula is C48H47Cl2FN6O6. The zero-order chi connectivity index (χ0) is 43.8. The van der Waals surface area contributed by atoms with Crippen LogP contribution in [0.4, 0.5) is 10.1 Å². The Bertz CT molecular complexity index is 2540. The first-order chi connectivity index (χ1) is 30.4. The Morgan fingerprint density at radius 1 is 0.905 bits per heavy atom. The fourth-order valence-corrected chi connectivity index (χ4v) is 12.2. The Labute approximate surface area is 374 Å². The third kappa shape index (κ3) is 6.82. The van der Waals surface area contributed by atoms with Crippen LogP contribution in [0.2, 0.25) is 10.0 Å². The second kappa shape index (κ2) is 16.1. The zero-order valence-corrected chi connectivity index (χ0v) is 36.0. The first-order valence-electron chi connectivity index (χ1n) is 22.1. The van der Waals surface area contributed by atoms with Crippen molar-refractivity contribution in [1.82, 2.24) is 25.8 Å². The molecule has 0 radical (unpaired) electrons. The van der Waals surface area contributed by atoms with Gasteiger partial charge in [-0.3, -0.25) is 39.4 Å². The zero-order valence-electron chi connectivity index (χ0n) is 34.5. The third-order valence-electron chi connectivity index (χ3n) is 14.9. The molecule has 2 aliphatic carbocycles. The number of amides is 6. The SMILES string of the molecule is O=C1CCC(N2Cc3c(C#CC4CCN(C(=O)C5CC(NC(=O)[C@@H]6NC7(CCCCC7)[C@@]7(C(=O)Nc8cc(Cl)ccc87)[C@H]6c6cccc(Cl)c6F)C5)CC4)cccc3C2=O)C(=O)N1. The Balaban J connectivity index is 0.798. The topological polar surface area (TPSA) is 157 Å². The molecule has 0 bridgehead atoms. The summed E-state index contributed by atoms with van der Waals surface area (Å²) >= 11 is 12.8. The van der Waals surface area contributed by atoms with Crippen molar-refractivity contribution >= 4 is 64.3 Å². The molecule has 6 amide bonds. The van der Waals surface area contributed by atoms with Crippen LogP contribution >= 0.6 is 23.2 Å². The maximum Gasteiger partial charge on any atom is 0.255 e. The van der Waals surface area contributed by atoms with Gasteiger partial charge in [-0.15, -0.1) is 0 Å². The predicted molar refractivity (Wildman–Crippen MR) is 232 cm³/mol. The largest absolute Gasteiger partial charge is 0.352 e. The number of benzene rings is 3. The lowest BCUT2D eigenvalue weighted by molar-refractivity contribution is -0.141. The number of carbonyl (C=O) groups excluding carboxylic acids is 6. The highest BCUT2D eigenvalue weighted by Crippen LogP contribution is 2.63. The van der Waals surface area contributed by atoms with Gasteiger partial charge in [0.1, 0.15) is 17.3 Å². The molecule has 5 fully saturated rings. The van der Waals surface area contributed by atoms with E-state index in [-0.39, 0.29) is 71.0 Å². The summed E-state index contributed by atoms with van der Waals surface area (Å²) in [6, 6.07) is 13.5. The maximum atomic E-state index is 16.3. The standard InChI is InChI=1S/C48H47Cl2FN6O6/c49-29-12-13-34-36(24-29)53-46(63)48(34)39(32-8-5-9-35(50)40(32)51)41(55-47(48)18-2-1-3-19-47)43(60)52-30-22-28(23-30)44(61)56-20-16-26(17-21-56)10-11-27-6-4-7-31-33(27)25-57(45(31)62)37-14-15-38(58)54-42(37)59/h4-9,12-13,24,26,28,30,37,39,41,55H,1-3,14-23,25H2,(H,52,60)(H,53,63)(H,54,58,59)/t28?,30?,37?,39-,41+,48+/m0/s1. The van der Waals surface area contributed by atoms with E-state index >= 15 is 4.39 Å². The van der Waals surface area contributed by atoms with Gasteiger partial charge in [-0.05, 0) is 92.0 Å². The molecule has 2 saturated carbocycles. The average molecular weight is 894 g/mol. The number of hydrogen-bond acceptors (Lipinski definition) is 7. The highest BCUT2D eigenvalue weighted by Gasteiger charge is 2.72. The number of carbonyl (C=O) groups is 6. The highest BCUT2D eigenvalue weighted by atomic mass is 35.5. The van der Waals surface area contributed by atoms with Gasteiger partial charge in [-0.1, -0.05) is 78.6 Å². The lowest BCUT2D eigenvalue weighted by Gasteiger charge is -2.47. The molecule has 1 unspecified atom stereocenters. The Kier molecular flexibility index (Phi) is 10.6. The van der Waals surface area contributed by atoms with Crippen molar-refractivity contribution in [2.45, 2.75) is 112 Å². The molecule has 3 saturated heterocycles. The second-order valence-corrected chi connectivity index (χ2v) is 19.2. The van der Waals surface area contributed by atoms with Crippen LogP contribution in [0.25, 0.3) is 0 Å². The molecule has 7 aliphatic rings. The minimum absolute atomic E-state index is 0.0516. The summed E-state index contributed by atoms with van der Waals surface area (Å²) in [4.78, 5) is 83.9. The van der Waals surface area contributed by atoms with E-state index in [1.54, 1.807) is 36.4 Å². The maximum absolute atomic E-state index is 16.3. The van der Waals surface area contributed by atoms with E-state index in [0.29, 0.717) is 79.9 Å². The van der Waals surface area contributed by atoms with Gasteiger partial charge in [0.25, 0.3) is 5.91 Å². The number of fused-ring (bicyclic) bond motifs is 4. The summed E-state index contributed by atoms with van der Waals surface area (Å²) in [5.74, 6) is 3.27. The lowest BCUT2D eigenvalue weighted by atomic mass is 9.55. The molecule has 12 nitrogen and oxygen atoms in total. The van der Waals surface area contributed by atoms with Gasteiger partial charge >= 0.3 is 0 Å². The van der Waals surface area contributed by atoms with Crippen LogP contribution < -0.4 is 21.3 Å². The monoisotopic (exact) mass is 892 g/mol. The molecule has 5 aliphatic heterocycles. The molecule has 4 atom stereocenters. The quantitative estimate of drug-likeness (QED) is 0.189. The normalized spacial score (nSPS) is 28.5. The lowest BCUT2D eigenvalue weighted by Crippen LogP contribution is -2.60. The second-order valence-electron chi connectivity index (χ2n) is 18.3. The van der Waals surface area contributed by atoms with E-state index in [4.69, 9.17) is 23.2 Å². The molecule has 326 valence electrons. The fourth-order valence-electron chi connectivity index (χ4n) is 11.8. The molecule has 2 spiro atoms. The van der Waals surface area contributed by atoms with Gasteiger partial charge < -0.3 is 20.4 Å². The first kappa shape index (κ1) is 41.7. The number of nitrogens with one attached hydrogen (secondary N) is 4. The highest BCUT2D eigenvalue weighted by molar-refractivity contribution is 6.31. The van der Waals surface area contributed by atoms with Crippen molar-refractivity contribution < 1.29 is 33.2 Å². The van der Waals surface area contributed by atoms with Crippen LogP contribution in [0.1, 0.15) is 109 Å². The minimum Gasteiger partial charge on any atom is -0.352 e. The number of nitrogens with zero attached hydrogens (tertiary/aromatic N) is 2. The number of rotatable bonds is 5. The molecule has 0 aromatic heterocycles. The summed E-state index contributed by atoms with van der Waals surface area (Å²) in [5.41, 5.74) is 1.31. The molecular weight excluding hydrogens is 846 g/mol. The van der Waals surface area contributed by atoms with Crippen LogP contribution in [0.5, 0.6) is 0 Å². The van der Waals surface area contributed by atoms with Crippen LogP contribution in [-0.2, 0) is 35.9 Å². The Hall–Kier alpha value is -5.29. The summed E-state index contributed by atoms with van der Waals surface area (Å²) in [5, 5.41) is 12.6. The number of likely N-dealkylation sites (tertiary alicyclic amines) is 1. The molecule has 4 N–H and O–H groups in total. The van der Waals surface area contributed by atoms with Crippen molar-refractivity contribution in [3.63, 3.8) is 0 Å². The number of hydrogen-bond donors (Lipinski definition) is 4. The molecule has 63 heavy (non-hydrogen) atoms. The van der Waals surface area contributed by atoms with Gasteiger partial charge in [0.2, 0.25) is 29.5 Å². The van der Waals surface area contributed by atoms with Crippen LogP contribution in [0, 0.1) is 29.5 Å². The fraction of sp³-hybridized carbons (Fsp3) is 0.458. The average Bonchev–Trinajstić information content (AvgIpc) is 3.86. The summed E-state index contributed by atoms with van der Waals surface area (Å²) < 4.78 is 16.3. The Morgan fingerprint density at radius 3 is 2.43 bits per heavy atom. The third-order valence-corrected chi connectivity index (χ3v) is 15.5. The van der Waals surface area contributed by atoms with Crippen LogP contribution in [0.15, 0.2) is 54.6 Å². The Morgan fingerprint density at radius 2 is 1.67 bits per heavy atom. The smallest absolute Gasteiger partial charge is 0.255 e. The summed E-state index contributed by atoms with van der Waals surface area (Å²) in [6.07, 6.45) is 6.71. The number of imide groups is 1. The number of piperidine rings is 2. The van der Waals surface area contributed by atoms with Gasteiger partial charge in [0.05, 0.1) is 11.1 Å². The van der Waals surface area contributed by atoms with Gasteiger partial charge in [0.15, 0.2) is 0 Å². The van der Waals surface area contributed by atoms with Gasteiger partial charge in [-0.25, -0.2) is 4.39 Å². The number of halogens is 3. The van der Waals surface area contributed by atoms with Crippen LogP contribution in [-0.4, -0.2) is 82.0 Å². The van der Waals surface area contributed by atoms with Crippen molar-refractivity contribution in [1.29, 1.82) is 0 Å². The summed E-state index contributed by atoms with van der Waals surface area (Å²) in [6.45, 7) is 1.36. The molecule has 5 heterocycles. The van der Waals surface area contributed by atoms with Gasteiger partial charge in [-0.2, -0.15) is 0 Å². The van der Waals surface area contributed by atoms with Crippen LogP contribution in [0.3, 0.4) is 0 Å². The van der Waals surface area contributed by atoms with Crippen molar-refractivity contribution in [2.24, 2.45) is 11.8 Å². The molecule has 3 aromatic rings. The first-order valence-corrected chi connectivity index (χ1v) is 22.8. The molecule has 10 rings (SSSR count). The molecule has 3 aromatic carbocycles. The van der Waals surface area contributed by atoms with Gasteiger partial charge in [0, 0.05) is 77.2 Å². The van der Waals surface area contributed by atoms with E-state index in [2.05, 4.69) is 33.1 Å². The van der Waals surface area contributed by atoms with Crippen molar-refractivity contribution in [3.05, 3.63) is 98.3 Å². The number of anilines is 1. The van der Waals surface area contributed by atoms with E-state index < -0.39 is 40.7 Å². The van der Waals surface area contributed by atoms with Crippen molar-refractivity contribution in [3.8, 4) is 11.8 Å². The van der Waals surface area contributed by atoms with E-state index in [9.17, 15) is 28.8 Å². The predicted octanol–water partition coefficient (Wildman–Crippen LogP) is 5.73. The summed E-state index contributed by atoms with van der Waals surface area (Å²) in [7, 11) is 0. The van der Waals surface area contributed by atoms with E-state index in [1.807, 2.05) is 17.0 Å². The minimum atomic E-state index is -1.32. The van der Waals surface area contributed by atoms with E-state index in [0.717, 1.165) is 30.4 Å². The van der Waals surface area contributed by atoms with Crippen molar-refractivity contribution in [2.75, 3.05) is 18.4 Å². The molecule has 15 heteroatoms.